The molecular formula is C18H29ClN6O5S. The Kier molecular flexibility index (Phi) is 7.45. The second-order valence-corrected chi connectivity index (χ2v) is 10.2. The van der Waals surface area contributed by atoms with Gasteiger partial charge < -0.3 is 14.9 Å². The summed E-state index contributed by atoms with van der Waals surface area (Å²) in [7, 11) is -3.58. The van der Waals surface area contributed by atoms with Crippen molar-refractivity contribution in [2.24, 2.45) is 0 Å². The van der Waals surface area contributed by atoms with E-state index in [1.807, 2.05) is 4.90 Å². The predicted octanol–water partition coefficient (Wildman–Crippen LogP) is 1.13. The van der Waals surface area contributed by atoms with Crippen LogP contribution >= 0.6 is 11.6 Å². The number of hydrogen-bond acceptors (Lipinski definition) is 6. The lowest BCUT2D eigenvalue weighted by atomic mass is 9.90. The molecule has 0 spiro atoms. The van der Waals surface area contributed by atoms with Gasteiger partial charge in [0.2, 0.25) is 0 Å². The number of aromatic amines is 1. The smallest absolute Gasteiger partial charge is 0.407 e. The first kappa shape index (κ1) is 23.8. The number of carbonyl (C=O) groups is 1. The molecule has 174 valence electrons. The molecule has 2 heterocycles. The van der Waals surface area contributed by atoms with E-state index in [0.29, 0.717) is 50.9 Å². The van der Waals surface area contributed by atoms with Crippen LogP contribution in [0.15, 0.2) is 11.0 Å². The van der Waals surface area contributed by atoms with E-state index < -0.39 is 21.9 Å². The highest BCUT2D eigenvalue weighted by Crippen LogP contribution is 2.31. The third kappa shape index (κ3) is 5.88. The average Bonchev–Trinajstić information content (AvgIpc) is 3.13. The summed E-state index contributed by atoms with van der Waals surface area (Å²) in [5.41, 5.74) is 0.0134. The summed E-state index contributed by atoms with van der Waals surface area (Å²) in [4.78, 5) is 27.2. The number of hydrogen-bond donors (Lipinski definition) is 4. The van der Waals surface area contributed by atoms with E-state index in [4.69, 9.17) is 11.6 Å². The highest BCUT2D eigenvalue weighted by atomic mass is 35.5. The van der Waals surface area contributed by atoms with Gasteiger partial charge in [0, 0.05) is 31.2 Å². The number of H-pyrrole nitrogens is 1. The summed E-state index contributed by atoms with van der Waals surface area (Å²) in [6.07, 6.45) is 3.37. The first-order valence-corrected chi connectivity index (χ1v) is 12.2. The molecule has 2 fully saturated rings. The van der Waals surface area contributed by atoms with Gasteiger partial charge in [-0.15, -0.1) is 0 Å². The Balaban J connectivity index is 1.62. The molecule has 0 bridgehead atoms. The fourth-order valence-corrected chi connectivity index (χ4v) is 6.00. The lowest BCUT2D eigenvalue weighted by Crippen LogP contribution is -2.52. The zero-order valence-electron chi connectivity index (χ0n) is 17.5. The summed E-state index contributed by atoms with van der Waals surface area (Å²) in [6, 6.07) is -0.850. The Hall–Kier alpha value is -1.89. The van der Waals surface area contributed by atoms with Gasteiger partial charge in [-0.3, -0.25) is 4.79 Å². The standard InChI is InChI=1S/C18H29ClN6O5S/c1-11(2)22-31(29,30)23-12-3-5-13(6-4-12)25(18(27)28)14-7-8-24(10-14)15-9-20-21-17(26)16(15)19/h9,11-14,22-23H,3-8,10H2,1-2H3,(H,21,26)(H,27,28). The number of anilines is 1. The maximum Gasteiger partial charge on any atom is 0.407 e. The molecule has 1 atom stereocenters. The molecule has 13 heteroatoms. The Morgan fingerprint density at radius 1 is 1.29 bits per heavy atom. The van der Waals surface area contributed by atoms with Gasteiger partial charge in [-0.05, 0) is 46.0 Å². The molecule has 1 saturated heterocycles. The molecule has 11 nitrogen and oxygen atoms in total. The Labute approximate surface area is 186 Å². The van der Waals surface area contributed by atoms with Crippen molar-refractivity contribution in [3.8, 4) is 0 Å². The zero-order chi connectivity index (χ0) is 22.8. The Bertz CT molecular complexity index is 947. The van der Waals surface area contributed by atoms with E-state index in [9.17, 15) is 23.1 Å². The van der Waals surface area contributed by atoms with Crippen LogP contribution in [0.1, 0.15) is 46.0 Å². The van der Waals surface area contributed by atoms with Crippen molar-refractivity contribution in [2.75, 3.05) is 18.0 Å². The second-order valence-electron chi connectivity index (χ2n) is 8.38. The molecule has 2 aliphatic rings. The number of nitrogens with one attached hydrogen (secondary N) is 3. The molecule has 1 amide bonds. The van der Waals surface area contributed by atoms with Crippen LogP contribution in [0.25, 0.3) is 0 Å². The molecule has 0 radical (unpaired) electrons. The van der Waals surface area contributed by atoms with E-state index in [1.165, 1.54) is 11.1 Å². The van der Waals surface area contributed by atoms with Crippen molar-refractivity contribution in [3.63, 3.8) is 0 Å². The SMILES string of the molecule is CC(C)NS(=O)(=O)NC1CCC(N(C(=O)O)C2CCN(c3cn[nH]c(=O)c3Cl)C2)CC1. The molecule has 0 aromatic carbocycles. The highest BCUT2D eigenvalue weighted by molar-refractivity contribution is 7.87. The summed E-state index contributed by atoms with van der Waals surface area (Å²) in [6.45, 7) is 4.48. The van der Waals surface area contributed by atoms with Crippen LogP contribution in [-0.4, -0.2) is 72.0 Å². The molecule has 1 aliphatic carbocycles. The lowest BCUT2D eigenvalue weighted by molar-refractivity contribution is 0.0859. The highest BCUT2D eigenvalue weighted by Gasteiger charge is 2.38. The van der Waals surface area contributed by atoms with Crippen LogP contribution in [0.2, 0.25) is 5.02 Å². The minimum atomic E-state index is -3.58. The van der Waals surface area contributed by atoms with E-state index in [1.54, 1.807) is 13.8 Å². The number of aromatic nitrogens is 2. The van der Waals surface area contributed by atoms with E-state index in [-0.39, 0.29) is 29.2 Å². The minimum absolute atomic E-state index is 0.0420. The normalized spacial score (nSPS) is 24.5. The van der Waals surface area contributed by atoms with Crippen LogP contribution in [0.5, 0.6) is 0 Å². The van der Waals surface area contributed by atoms with E-state index >= 15 is 0 Å². The zero-order valence-corrected chi connectivity index (χ0v) is 19.1. The van der Waals surface area contributed by atoms with Gasteiger partial charge >= 0.3 is 6.09 Å². The van der Waals surface area contributed by atoms with Crippen molar-refractivity contribution in [1.82, 2.24) is 24.5 Å². The van der Waals surface area contributed by atoms with Crippen molar-refractivity contribution >= 4 is 33.6 Å². The molecule has 31 heavy (non-hydrogen) atoms. The van der Waals surface area contributed by atoms with E-state index in [0.717, 1.165) is 0 Å². The van der Waals surface area contributed by atoms with Gasteiger partial charge in [0.25, 0.3) is 15.8 Å². The lowest BCUT2D eigenvalue weighted by Gasteiger charge is -2.38. The largest absolute Gasteiger partial charge is 0.465 e. The maximum absolute atomic E-state index is 12.1. The predicted molar refractivity (Wildman–Crippen MR) is 117 cm³/mol. The van der Waals surface area contributed by atoms with E-state index in [2.05, 4.69) is 19.6 Å². The fourth-order valence-electron chi connectivity index (χ4n) is 4.43. The van der Waals surface area contributed by atoms with Gasteiger partial charge in [-0.2, -0.15) is 23.0 Å². The number of rotatable bonds is 7. The molecule has 1 aromatic heterocycles. The first-order chi connectivity index (χ1) is 14.6. The molecule has 1 aliphatic heterocycles. The summed E-state index contributed by atoms with van der Waals surface area (Å²) in [5.74, 6) is 0. The van der Waals surface area contributed by atoms with Crippen molar-refractivity contribution < 1.29 is 18.3 Å². The van der Waals surface area contributed by atoms with Crippen LogP contribution < -0.4 is 19.9 Å². The monoisotopic (exact) mass is 476 g/mol. The molecule has 1 saturated carbocycles. The molecule has 3 rings (SSSR count). The Morgan fingerprint density at radius 3 is 2.58 bits per heavy atom. The number of halogens is 1. The van der Waals surface area contributed by atoms with Crippen LogP contribution in [0, 0.1) is 0 Å². The number of nitrogens with zero attached hydrogens (tertiary/aromatic N) is 3. The van der Waals surface area contributed by atoms with Gasteiger partial charge in [0.05, 0.1) is 17.9 Å². The van der Waals surface area contributed by atoms with Gasteiger partial charge in [-0.1, -0.05) is 11.6 Å². The third-order valence-corrected chi connectivity index (χ3v) is 7.49. The quantitative estimate of drug-likeness (QED) is 0.461. The molecule has 1 aromatic rings. The average molecular weight is 477 g/mol. The topological polar surface area (TPSA) is 148 Å². The maximum atomic E-state index is 12.1. The van der Waals surface area contributed by atoms with Crippen molar-refractivity contribution in [3.05, 3.63) is 21.6 Å². The van der Waals surface area contributed by atoms with Gasteiger partial charge in [0.15, 0.2) is 0 Å². The van der Waals surface area contributed by atoms with Gasteiger partial charge in [0.1, 0.15) is 5.02 Å². The second kappa shape index (κ2) is 9.72. The molecule has 4 N–H and O–H groups in total. The molecular weight excluding hydrogens is 448 g/mol. The minimum Gasteiger partial charge on any atom is -0.465 e. The summed E-state index contributed by atoms with van der Waals surface area (Å²) in [5, 5.41) is 16.0. The van der Waals surface area contributed by atoms with Crippen molar-refractivity contribution in [2.45, 2.75) is 70.1 Å². The molecule has 1 unspecified atom stereocenters. The Morgan fingerprint density at radius 2 is 1.97 bits per heavy atom. The van der Waals surface area contributed by atoms with Gasteiger partial charge in [-0.25, -0.2) is 9.89 Å². The summed E-state index contributed by atoms with van der Waals surface area (Å²) >= 11 is 6.10. The fraction of sp³-hybridized carbons (Fsp3) is 0.722. The third-order valence-electron chi connectivity index (χ3n) is 5.70. The first-order valence-electron chi connectivity index (χ1n) is 10.4. The number of carboxylic acid groups (broad SMARTS) is 1. The summed E-state index contributed by atoms with van der Waals surface area (Å²) < 4.78 is 29.3. The van der Waals surface area contributed by atoms with Crippen LogP contribution in [-0.2, 0) is 10.2 Å². The van der Waals surface area contributed by atoms with Crippen LogP contribution in [0.4, 0.5) is 10.5 Å². The number of amides is 1. The van der Waals surface area contributed by atoms with Crippen LogP contribution in [0.3, 0.4) is 0 Å². The van der Waals surface area contributed by atoms with Crippen molar-refractivity contribution in [1.29, 1.82) is 0 Å².